The minimum absolute atomic E-state index is 0.0662. The summed E-state index contributed by atoms with van der Waals surface area (Å²) in [5.41, 5.74) is 8.24. The van der Waals surface area contributed by atoms with Crippen LogP contribution in [0, 0.1) is 11.8 Å². The van der Waals surface area contributed by atoms with Crippen molar-refractivity contribution in [2.45, 2.75) is 77.7 Å². The smallest absolute Gasteiger partial charge is 0.310 e. The van der Waals surface area contributed by atoms with Gasteiger partial charge in [0.2, 0.25) is 5.91 Å². The SMILES string of the molecule is C[C@H](CC(=O)[C@@H](N)Cc1ccccc1)C(=O)N[C@@H](COC(C)(C)C)C(=O)C[C@@H](Cc1ccccc1)C(=O)OCc1ccccc1. The van der Waals surface area contributed by atoms with E-state index in [9.17, 15) is 19.2 Å². The first-order valence-electron chi connectivity index (χ1n) is 15.4. The molecule has 8 nitrogen and oxygen atoms in total. The molecule has 0 unspecified atom stereocenters. The average Bonchev–Trinajstić information content (AvgIpc) is 3.02. The second kappa shape index (κ2) is 17.4. The van der Waals surface area contributed by atoms with E-state index in [1.807, 2.05) is 112 Å². The molecule has 0 saturated carbocycles. The number of ketones is 2. The third-order valence-corrected chi connectivity index (χ3v) is 7.38. The first-order valence-corrected chi connectivity index (χ1v) is 15.4. The Morgan fingerprint density at radius 1 is 0.733 bits per heavy atom. The lowest BCUT2D eigenvalue weighted by atomic mass is 9.91. The minimum Gasteiger partial charge on any atom is -0.461 e. The number of hydrogen-bond acceptors (Lipinski definition) is 7. The molecule has 0 aliphatic carbocycles. The monoisotopic (exact) mass is 614 g/mol. The van der Waals surface area contributed by atoms with Gasteiger partial charge in [0.05, 0.1) is 24.2 Å². The van der Waals surface area contributed by atoms with E-state index in [0.717, 1.165) is 16.7 Å². The fourth-order valence-electron chi connectivity index (χ4n) is 4.76. The number of carbonyl (C=O) groups excluding carboxylic acids is 4. The van der Waals surface area contributed by atoms with Crippen molar-refractivity contribution < 1.29 is 28.7 Å². The summed E-state index contributed by atoms with van der Waals surface area (Å²) in [6.45, 7) is 7.19. The first kappa shape index (κ1) is 35.3. The van der Waals surface area contributed by atoms with E-state index in [1.165, 1.54) is 0 Å². The molecule has 3 rings (SSSR count). The molecule has 0 spiro atoms. The summed E-state index contributed by atoms with van der Waals surface area (Å²) in [6.07, 6.45) is 0.447. The Morgan fingerprint density at radius 2 is 1.24 bits per heavy atom. The Hall–Kier alpha value is -4.14. The molecule has 3 aromatic carbocycles. The zero-order valence-electron chi connectivity index (χ0n) is 26.7. The van der Waals surface area contributed by atoms with Crippen LogP contribution < -0.4 is 11.1 Å². The van der Waals surface area contributed by atoms with Crippen LogP contribution in [-0.4, -0.2) is 47.7 Å². The molecular weight excluding hydrogens is 568 g/mol. The van der Waals surface area contributed by atoms with Gasteiger partial charge in [0, 0.05) is 18.8 Å². The predicted octanol–water partition coefficient (Wildman–Crippen LogP) is 5.01. The molecule has 0 fully saturated rings. The van der Waals surface area contributed by atoms with Crippen LogP contribution in [0.3, 0.4) is 0 Å². The third-order valence-electron chi connectivity index (χ3n) is 7.38. The zero-order valence-corrected chi connectivity index (χ0v) is 26.7. The molecular formula is C37H46N2O6. The predicted molar refractivity (Wildman–Crippen MR) is 174 cm³/mol. The normalized spacial score (nSPS) is 14.1. The maximum atomic E-state index is 13.7. The van der Waals surface area contributed by atoms with Crippen molar-refractivity contribution in [3.63, 3.8) is 0 Å². The van der Waals surface area contributed by atoms with Gasteiger partial charge in [-0.2, -0.15) is 0 Å². The quantitative estimate of drug-likeness (QED) is 0.205. The average molecular weight is 615 g/mol. The van der Waals surface area contributed by atoms with Crippen LogP contribution in [0.5, 0.6) is 0 Å². The lowest BCUT2D eigenvalue weighted by Crippen LogP contribution is -2.48. The molecule has 45 heavy (non-hydrogen) atoms. The number of rotatable bonds is 17. The highest BCUT2D eigenvalue weighted by Crippen LogP contribution is 2.19. The van der Waals surface area contributed by atoms with Gasteiger partial charge in [0.15, 0.2) is 11.6 Å². The molecule has 8 heteroatoms. The van der Waals surface area contributed by atoms with E-state index >= 15 is 0 Å². The molecule has 3 N–H and O–H groups in total. The molecule has 0 heterocycles. The minimum atomic E-state index is -1.02. The van der Waals surface area contributed by atoms with Crippen molar-refractivity contribution >= 4 is 23.4 Å². The highest BCUT2D eigenvalue weighted by Gasteiger charge is 2.32. The lowest BCUT2D eigenvalue weighted by Gasteiger charge is -2.26. The van der Waals surface area contributed by atoms with Gasteiger partial charge >= 0.3 is 5.97 Å². The van der Waals surface area contributed by atoms with E-state index in [2.05, 4.69) is 5.32 Å². The summed E-state index contributed by atoms with van der Waals surface area (Å²) in [6, 6.07) is 26.4. The maximum absolute atomic E-state index is 13.7. The van der Waals surface area contributed by atoms with Crippen molar-refractivity contribution in [2.75, 3.05) is 6.61 Å². The standard InChI is InChI=1S/C37H46N2O6/c1-26(20-33(40)31(38)22-28-16-10-6-11-17-28)35(42)39-32(25-45-37(2,3)4)34(41)23-30(21-27-14-8-5-9-15-27)36(43)44-24-29-18-12-7-13-19-29/h5-19,26,30-32H,20-25,38H2,1-4H3,(H,39,42)/t26-,30-,31+,32+/m1/s1. The van der Waals surface area contributed by atoms with Gasteiger partial charge in [0.25, 0.3) is 0 Å². The first-order chi connectivity index (χ1) is 21.4. The molecule has 1 amide bonds. The van der Waals surface area contributed by atoms with Crippen molar-refractivity contribution in [2.24, 2.45) is 17.6 Å². The number of Topliss-reactive ketones (excluding diaryl/α,β-unsaturated/α-hetero) is 2. The Labute approximate surface area is 266 Å². The van der Waals surface area contributed by atoms with E-state index in [1.54, 1.807) is 6.92 Å². The van der Waals surface area contributed by atoms with Gasteiger partial charge in [-0.05, 0) is 50.3 Å². The molecule has 0 radical (unpaired) electrons. The van der Waals surface area contributed by atoms with E-state index in [0.29, 0.717) is 12.8 Å². The van der Waals surface area contributed by atoms with Crippen molar-refractivity contribution in [1.29, 1.82) is 0 Å². The Kier molecular flexibility index (Phi) is 13.6. The van der Waals surface area contributed by atoms with Gasteiger partial charge in [-0.25, -0.2) is 0 Å². The number of nitrogens with two attached hydrogens (primary N) is 1. The molecule has 3 aromatic rings. The fourth-order valence-corrected chi connectivity index (χ4v) is 4.76. The van der Waals surface area contributed by atoms with Crippen LogP contribution >= 0.6 is 0 Å². The fraction of sp³-hybridized carbons (Fsp3) is 0.405. The number of hydrogen-bond donors (Lipinski definition) is 2. The number of carbonyl (C=O) groups is 4. The van der Waals surface area contributed by atoms with Crippen LogP contribution in [0.1, 0.15) is 57.2 Å². The number of ether oxygens (including phenoxy) is 2. The van der Waals surface area contributed by atoms with Gasteiger partial charge in [-0.15, -0.1) is 0 Å². The molecule has 0 aliphatic rings. The van der Waals surface area contributed by atoms with Crippen LogP contribution in [0.4, 0.5) is 0 Å². The van der Waals surface area contributed by atoms with Gasteiger partial charge < -0.3 is 20.5 Å². The number of amides is 1. The molecule has 0 aromatic heterocycles. The summed E-state index contributed by atoms with van der Waals surface area (Å²) in [7, 11) is 0. The summed E-state index contributed by atoms with van der Waals surface area (Å²) in [5.74, 6) is -3.04. The van der Waals surface area contributed by atoms with Gasteiger partial charge in [-0.1, -0.05) is 97.9 Å². The summed E-state index contributed by atoms with van der Waals surface area (Å²) in [4.78, 5) is 53.2. The van der Waals surface area contributed by atoms with Crippen LogP contribution in [0.2, 0.25) is 0 Å². The number of benzene rings is 3. The molecule has 0 bridgehead atoms. The maximum Gasteiger partial charge on any atom is 0.310 e. The molecule has 240 valence electrons. The summed E-state index contributed by atoms with van der Waals surface area (Å²) >= 11 is 0. The zero-order chi connectivity index (χ0) is 32.8. The Morgan fingerprint density at radius 3 is 1.78 bits per heavy atom. The van der Waals surface area contributed by atoms with Crippen molar-refractivity contribution in [1.82, 2.24) is 5.32 Å². The van der Waals surface area contributed by atoms with E-state index < -0.39 is 41.4 Å². The number of esters is 1. The molecule has 0 aliphatic heterocycles. The largest absolute Gasteiger partial charge is 0.461 e. The lowest BCUT2D eigenvalue weighted by molar-refractivity contribution is -0.152. The van der Waals surface area contributed by atoms with E-state index in [-0.39, 0.29) is 37.6 Å². The van der Waals surface area contributed by atoms with Crippen molar-refractivity contribution in [3.05, 3.63) is 108 Å². The summed E-state index contributed by atoms with van der Waals surface area (Å²) in [5, 5.41) is 2.79. The third kappa shape index (κ3) is 12.8. The van der Waals surface area contributed by atoms with Crippen LogP contribution in [0.15, 0.2) is 91.0 Å². The Bertz CT molecular complexity index is 1370. The van der Waals surface area contributed by atoms with Crippen LogP contribution in [0.25, 0.3) is 0 Å². The number of nitrogens with one attached hydrogen (secondary N) is 1. The second-order valence-corrected chi connectivity index (χ2v) is 12.5. The van der Waals surface area contributed by atoms with Crippen molar-refractivity contribution in [3.8, 4) is 0 Å². The Balaban J connectivity index is 1.69. The molecule has 0 saturated heterocycles. The van der Waals surface area contributed by atoms with E-state index in [4.69, 9.17) is 15.2 Å². The highest BCUT2D eigenvalue weighted by atomic mass is 16.5. The molecule has 4 atom stereocenters. The highest BCUT2D eigenvalue weighted by molar-refractivity contribution is 5.94. The van der Waals surface area contributed by atoms with Gasteiger partial charge in [0.1, 0.15) is 12.6 Å². The topological polar surface area (TPSA) is 125 Å². The second-order valence-electron chi connectivity index (χ2n) is 12.5. The summed E-state index contributed by atoms with van der Waals surface area (Å²) < 4.78 is 11.5. The van der Waals surface area contributed by atoms with Crippen LogP contribution in [-0.2, 0) is 48.1 Å². The van der Waals surface area contributed by atoms with Gasteiger partial charge in [-0.3, -0.25) is 19.2 Å².